The van der Waals surface area contributed by atoms with E-state index in [0.29, 0.717) is 23.1 Å². The molecule has 1 aromatic carbocycles. The molecule has 0 saturated heterocycles. The Morgan fingerprint density at radius 2 is 2.22 bits per heavy atom. The second-order valence-corrected chi connectivity index (χ2v) is 4.09. The maximum Gasteiger partial charge on any atom is 0.260 e. The number of rotatable bonds is 5. The average molecular weight is 273 g/mol. The van der Waals surface area contributed by atoms with E-state index in [-0.39, 0.29) is 5.91 Å². The molecule has 1 rings (SSSR count). The number of halogens is 1. The minimum absolute atomic E-state index is 0.240. The topological polar surface area (TPSA) is 73.6 Å². The molecule has 0 radical (unpaired) electrons. The fourth-order valence-electron chi connectivity index (χ4n) is 1.44. The highest BCUT2D eigenvalue weighted by atomic mass is 35.5. The molecule has 6 heteroatoms. The number of benzene rings is 1. The number of likely N-dealkylation sites (N-methyl/N-ethyl adjacent to an activating group) is 1. The molecule has 0 bridgehead atoms. The van der Waals surface area contributed by atoms with Gasteiger partial charge in [-0.3, -0.25) is 4.79 Å². The molecular weight excluding hydrogens is 256 g/mol. The third-order valence-corrected chi connectivity index (χ3v) is 2.72. The summed E-state index contributed by atoms with van der Waals surface area (Å²) in [5.41, 5.74) is 6.37. The van der Waals surface area contributed by atoms with Crippen LogP contribution in [0, 0.1) is 0 Å². The summed E-state index contributed by atoms with van der Waals surface area (Å²) in [6.45, 7) is 1.98. The van der Waals surface area contributed by atoms with Crippen LogP contribution < -0.4 is 20.5 Å². The van der Waals surface area contributed by atoms with Crippen LogP contribution >= 0.6 is 11.6 Å². The lowest BCUT2D eigenvalue weighted by Crippen LogP contribution is -2.33. The van der Waals surface area contributed by atoms with Crippen LogP contribution in [-0.4, -0.2) is 26.2 Å². The summed E-state index contributed by atoms with van der Waals surface area (Å²) in [7, 11) is 3.04. The van der Waals surface area contributed by atoms with Crippen LogP contribution in [0.4, 0.5) is 0 Å². The normalized spacial score (nSPS) is 11.8. The van der Waals surface area contributed by atoms with E-state index in [1.807, 2.05) is 0 Å². The number of ether oxygens (including phenoxy) is 2. The largest absolute Gasteiger partial charge is 0.493 e. The van der Waals surface area contributed by atoms with E-state index >= 15 is 0 Å². The number of amides is 1. The highest BCUT2D eigenvalue weighted by molar-refractivity contribution is 6.32. The first-order valence-corrected chi connectivity index (χ1v) is 5.86. The Balaban J connectivity index is 3.04. The molecule has 100 valence electrons. The maximum atomic E-state index is 11.4. The van der Waals surface area contributed by atoms with Crippen molar-refractivity contribution in [2.45, 2.75) is 19.6 Å². The number of carbonyl (C=O) groups excluding carboxylic acids is 1. The SMILES string of the molecule is CNC(=O)C(C)Oc1c(Cl)cc(CN)cc1OC. The van der Waals surface area contributed by atoms with Gasteiger partial charge in [-0.05, 0) is 24.6 Å². The van der Waals surface area contributed by atoms with Crippen molar-refractivity contribution in [2.24, 2.45) is 5.73 Å². The molecule has 5 nitrogen and oxygen atoms in total. The first-order valence-electron chi connectivity index (χ1n) is 5.48. The standard InChI is InChI=1S/C12H17ClN2O3/c1-7(12(16)15-2)18-11-9(13)4-8(6-14)5-10(11)17-3/h4-5,7H,6,14H2,1-3H3,(H,15,16). The van der Waals surface area contributed by atoms with Gasteiger partial charge in [-0.15, -0.1) is 0 Å². The highest BCUT2D eigenvalue weighted by Gasteiger charge is 2.18. The summed E-state index contributed by atoms with van der Waals surface area (Å²) >= 11 is 6.09. The average Bonchev–Trinajstić information content (AvgIpc) is 2.39. The van der Waals surface area contributed by atoms with Crippen molar-refractivity contribution < 1.29 is 14.3 Å². The Labute approximate surface area is 111 Å². The number of carbonyl (C=O) groups is 1. The lowest BCUT2D eigenvalue weighted by atomic mass is 10.2. The first-order chi connectivity index (χ1) is 8.53. The van der Waals surface area contributed by atoms with E-state index in [1.165, 1.54) is 7.11 Å². The van der Waals surface area contributed by atoms with Gasteiger partial charge in [0.25, 0.3) is 5.91 Å². The lowest BCUT2D eigenvalue weighted by Gasteiger charge is -2.17. The van der Waals surface area contributed by atoms with Crippen LogP contribution in [0.15, 0.2) is 12.1 Å². The van der Waals surface area contributed by atoms with Gasteiger partial charge in [0.15, 0.2) is 17.6 Å². The summed E-state index contributed by atoms with van der Waals surface area (Å²) < 4.78 is 10.7. The van der Waals surface area contributed by atoms with Gasteiger partial charge in [0.2, 0.25) is 0 Å². The van der Waals surface area contributed by atoms with Crippen molar-refractivity contribution in [3.05, 3.63) is 22.7 Å². The van der Waals surface area contributed by atoms with Crippen LogP contribution in [0.1, 0.15) is 12.5 Å². The third-order valence-electron chi connectivity index (χ3n) is 2.44. The molecule has 0 heterocycles. The van der Waals surface area contributed by atoms with Crippen LogP contribution in [0.2, 0.25) is 5.02 Å². The predicted molar refractivity (Wildman–Crippen MR) is 70.1 cm³/mol. The second-order valence-electron chi connectivity index (χ2n) is 3.69. The van der Waals surface area contributed by atoms with E-state index in [0.717, 1.165) is 5.56 Å². The zero-order chi connectivity index (χ0) is 13.7. The van der Waals surface area contributed by atoms with Gasteiger partial charge in [0.05, 0.1) is 12.1 Å². The number of nitrogens with two attached hydrogens (primary N) is 1. The quantitative estimate of drug-likeness (QED) is 0.848. The fraction of sp³-hybridized carbons (Fsp3) is 0.417. The van der Waals surface area contributed by atoms with E-state index in [4.69, 9.17) is 26.8 Å². The Hall–Kier alpha value is -1.46. The molecule has 0 aliphatic rings. The molecule has 3 N–H and O–H groups in total. The van der Waals surface area contributed by atoms with Gasteiger partial charge in [0, 0.05) is 13.6 Å². The number of hydrogen-bond donors (Lipinski definition) is 2. The van der Waals surface area contributed by atoms with E-state index in [2.05, 4.69) is 5.32 Å². The molecular formula is C12H17ClN2O3. The molecule has 0 fully saturated rings. The summed E-state index contributed by atoms with van der Waals surface area (Å²) in [5.74, 6) is 0.558. The first kappa shape index (κ1) is 14.6. The van der Waals surface area contributed by atoms with Crippen LogP contribution in [-0.2, 0) is 11.3 Å². The zero-order valence-electron chi connectivity index (χ0n) is 10.6. The summed E-state index contributed by atoms with van der Waals surface area (Å²) in [6, 6.07) is 3.42. The van der Waals surface area contributed by atoms with Crippen molar-refractivity contribution in [3.63, 3.8) is 0 Å². The molecule has 18 heavy (non-hydrogen) atoms. The van der Waals surface area contributed by atoms with E-state index in [1.54, 1.807) is 26.1 Å². The minimum Gasteiger partial charge on any atom is -0.493 e. The smallest absolute Gasteiger partial charge is 0.260 e. The Kier molecular flexibility index (Phi) is 5.25. The molecule has 0 spiro atoms. The van der Waals surface area contributed by atoms with Crippen LogP contribution in [0.3, 0.4) is 0 Å². The molecule has 1 unspecified atom stereocenters. The van der Waals surface area contributed by atoms with Crippen LogP contribution in [0.5, 0.6) is 11.5 Å². The molecule has 0 aliphatic heterocycles. The molecule has 1 aromatic rings. The van der Waals surface area contributed by atoms with Gasteiger partial charge >= 0.3 is 0 Å². The summed E-state index contributed by atoms with van der Waals surface area (Å²) in [4.78, 5) is 11.4. The van der Waals surface area contributed by atoms with Crippen molar-refractivity contribution in [1.82, 2.24) is 5.32 Å². The van der Waals surface area contributed by atoms with Gasteiger partial charge in [-0.25, -0.2) is 0 Å². The van der Waals surface area contributed by atoms with E-state index in [9.17, 15) is 4.79 Å². The highest BCUT2D eigenvalue weighted by Crippen LogP contribution is 2.37. The molecule has 0 aromatic heterocycles. The number of nitrogens with one attached hydrogen (secondary N) is 1. The lowest BCUT2D eigenvalue weighted by molar-refractivity contribution is -0.126. The molecule has 1 atom stereocenters. The minimum atomic E-state index is -0.662. The van der Waals surface area contributed by atoms with Crippen molar-refractivity contribution in [2.75, 3.05) is 14.2 Å². The van der Waals surface area contributed by atoms with Crippen molar-refractivity contribution >= 4 is 17.5 Å². The van der Waals surface area contributed by atoms with Gasteiger partial charge in [0.1, 0.15) is 0 Å². The van der Waals surface area contributed by atoms with Crippen LogP contribution in [0.25, 0.3) is 0 Å². The Morgan fingerprint density at radius 1 is 1.56 bits per heavy atom. The zero-order valence-corrected chi connectivity index (χ0v) is 11.4. The van der Waals surface area contributed by atoms with Crippen molar-refractivity contribution in [3.8, 4) is 11.5 Å². The molecule has 0 aliphatic carbocycles. The second kappa shape index (κ2) is 6.47. The van der Waals surface area contributed by atoms with Gasteiger partial charge < -0.3 is 20.5 Å². The van der Waals surface area contributed by atoms with Crippen molar-refractivity contribution in [1.29, 1.82) is 0 Å². The van der Waals surface area contributed by atoms with Gasteiger partial charge in [-0.1, -0.05) is 11.6 Å². The van der Waals surface area contributed by atoms with E-state index < -0.39 is 6.10 Å². The Morgan fingerprint density at radius 3 is 2.72 bits per heavy atom. The molecule has 1 amide bonds. The number of hydrogen-bond acceptors (Lipinski definition) is 4. The van der Waals surface area contributed by atoms with Gasteiger partial charge in [-0.2, -0.15) is 0 Å². The predicted octanol–water partition coefficient (Wildman–Crippen LogP) is 1.32. The molecule has 0 saturated carbocycles. The summed E-state index contributed by atoms with van der Waals surface area (Å²) in [5, 5.41) is 2.86. The fourth-order valence-corrected chi connectivity index (χ4v) is 1.72. The maximum absolute atomic E-state index is 11.4. The number of methoxy groups -OCH3 is 1. The monoisotopic (exact) mass is 272 g/mol. The third kappa shape index (κ3) is 3.27. The Bertz CT molecular complexity index is 438. The summed E-state index contributed by atoms with van der Waals surface area (Å²) in [6.07, 6.45) is -0.662.